The fourth-order valence-electron chi connectivity index (χ4n) is 1.77. The highest BCUT2D eigenvalue weighted by atomic mass is 16.6. The van der Waals surface area contributed by atoms with Crippen LogP contribution in [0.25, 0.3) is 0 Å². The lowest BCUT2D eigenvalue weighted by molar-refractivity contribution is -0.384. The first kappa shape index (κ1) is 12.5. The Morgan fingerprint density at radius 2 is 2.39 bits per heavy atom. The molecular formula is C10H15N5O3. The number of hydrogen-bond donors (Lipinski definition) is 2. The Labute approximate surface area is 104 Å². The standard InChI is InChI=1S/C10H15N5O3/c1-10(3-4-18-6-10)14-8-7(15(16)17)5-12-9(11-2)13-8/h5H,3-4,6H2,1-2H3,(H2,11,12,13,14). The lowest BCUT2D eigenvalue weighted by Gasteiger charge is -2.23. The van der Waals surface area contributed by atoms with Crippen molar-refractivity contribution in [3.63, 3.8) is 0 Å². The lowest BCUT2D eigenvalue weighted by Crippen LogP contribution is -2.35. The van der Waals surface area contributed by atoms with Crippen molar-refractivity contribution in [2.75, 3.05) is 30.9 Å². The van der Waals surface area contributed by atoms with Crippen LogP contribution in [0.3, 0.4) is 0 Å². The topological polar surface area (TPSA) is 102 Å². The number of hydrogen-bond acceptors (Lipinski definition) is 7. The van der Waals surface area contributed by atoms with Crippen LogP contribution in [0.4, 0.5) is 17.5 Å². The molecule has 0 spiro atoms. The van der Waals surface area contributed by atoms with Gasteiger partial charge in [0.25, 0.3) is 0 Å². The van der Waals surface area contributed by atoms with E-state index < -0.39 is 4.92 Å². The normalized spacial score (nSPS) is 22.8. The summed E-state index contributed by atoms with van der Waals surface area (Å²) in [6, 6.07) is 0. The first-order valence-electron chi connectivity index (χ1n) is 5.59. The maximum absolute atomic E-state index is 10.9. The molecule has 0 aromatic carbocycles. The molecule has 8 heteroatoms. The molecule has 1 unspecified atom stereocenters. The first-order chi connectivity index (χ1) is 8.54. The van der Waals surface area contributed by atoms with Crippen molar-refractivity contribution in [1.29, 1.82) is 0 Å². The minimum absolute atomic E-state index is 0.137. The highest BCUT2D eigenvalue weighted by Crippen LogP contribution is 2.28. The fourth-order valence-corrected chi connectivity index (χ4v) is 1.77. The maximum Gasteiger partial charge on any atom is 0.329 e. The van der Waals surface area contributed by atoms with Crippen molar-refractivity contribution >= 4 is 17.5 Å². The summed E-state index contributed by atoms with van der Waals surface area (Å²) in [6.45, 7) is 3.09. The predicted octanol–water partition coefficient (Wildman–Crippen LogP) is 1.02. The van der Waals surface area contributed by atoms with E-state index in [9.17, 15) is 10.1 Å². The van der Waals surface area contributed by atoms with Gasteiger partial charge >= 0.3 is 5.69 Å². The highest BCUT2D eigenvalue weighted by molar-refractivity contribution is 5.58. The lowest BCUT2D eigenvalue weighted by atomic mass is 10.0. The van der Waals surface area contributed by atoms with Crippen LogP contribution in [0.15, 0.2) is 6.20 Å². The Bertz CT molecular complexity index is 459. The zero-order valence-corrected chi connectivity index (χ0v) is 10.3. The molecule has 1 aromatic rings. The number of nitro groups is 1. The van der Waals surface area contributed by atoms with Gasteiger partial charge in [0.05, 0.1) is 17.1 Å². The van der Waals surface area contributed by atoms with E-state index in [1.165, 1.54) is 6.20 Å². The van der Waals surface area contributed by atoms with Gasteiger partial charge < -0.3 is 15.4 Å². The predicted molar refractivity (Wildman–Crippen MR) is 65.7 cm³/mol. The number of nitrogens with zero attached hydrogens (tertiary/aromatic N) is 3. The van der Waals surface area contributed by atoms with Gasteiger partial charge in [0.2, 0.25) is 11.8 Å². The molecule has 0 radical (unpaired) electrons. The largest absolute Gasteiger partial charge is 0.379 e. The third kappa shape index (κ3) is 2.48. The van der Waals surface area contributed by atoms with Gasteiger partial charge in [0, 0.05) is 13.7 Å². The molecule has 1 fully saturated rings. The van der Waals surface area contributed by atoms with Gasteiger partial charge in [0.15, 0.2) is 0 Å². The molecule has 1 saturated heterocycles. The van der Waals surface area contributed by atoms with E-state index >= 15 is 0 Å². The van der Waals surface area contributed by atoms with Crippen molar-refractivity contribution in [3.05, 3.63) is 16.3 Å². The van der Waals surface area contributed by atoms with Gasteiger partial charge in [-0.15, -0.1) is 0 Å². The first-order valence-corrected chi connectivity index (χ1v) is 5.59. The quantitative estimate of drug-likeness (QED) is 0.610. The highest BCUT2D eigenvalue weighted by Gasteiger charge is 2.32. The van der Waals surface area contributed by atoms with Crippen molar-refractivity contribution in [3.8, 4) is 0 Å². The van der Waals surface area contributed by atoms with E-state index in [-0.39, 0.29) is 17.0 Å². The second-order valence-corrected chi connectivity index (χ2v) is 4.42. The van der Waals surface area contributed by atoms with E-state index in [4.69, 9.17) is 4.74 Å². The number of anilines is 2. The van der Waals surface area contributed by atoms with Crippen LogP contribution in [-0.4, -0.2) is 40.7 Å². The average Bonchev–Trinajstić information content (AvgIpc) is 2.75. The SMILES string of the molecule is CNc1ncc([N+](=O)[O-])c(NC2(C)CCOC2)n1. The van der Waals surface area contributed by atoms with Crippen LogP contribution < -0.4 is 10.6 Å². The van der Waals surface area contributed by atoms with Gasteiger partial charge in [0.1, 0.15) is 6.20 Å². The molecule has 0 amide bonds. The van der Waals surface area contributed by atoms with Crippen LogP contribution in [0, 0.1) is 10.1 Å². The molecule has 2 rings (SSSR count). The van der Waals surface area contributed by atoms with Crippen molar-refractivity contribution < 1.29 is 9.66 Å². The maximum atomic E-state index is 10.9. The second-order valence-electron chi connectivity index (χ2n) is 4.42. The van der Waals surface area contributed by atoms with E-state index in [1.54, 1.807) is 7.05 Å². The number of nitrogens with one attached hydrogen (secondary N) is 2. The van der Waals surface area contributed by atoms with E-state index in [0.29, 0.717) is 19.2 Å². The molecule has 0 bridgehead atoms. The number of aromatic nitrogens is 2. The minimum atomic E-state index is -0.499. The average molecular weight is 253 g/mol. The van der Waals surface area contributed by atoms with Gasteiger partial charge in [-0.1, -0.05) is 0 Å². The molecule has 1 aromatic heterocycles. The second kappa shape index (κ2) is 4.73. The van der Waals surface area contributed by atoms with Crippen molar-refractivity contribution in [2.45, 2.75) is 18.9 Å². The summed E-state index contributed by atoms with van der Waals surface area (Å²) in [6.07, 6.45) is 1.98. The van der Waals surface area contributed by atoms with Gasteiger partial charge in [-0.05, 0) is 13.3 Å². The van der Waals surface area contributed by atoms with E-state index in [0.717, 1.165) is 6.42 Å². The van der Waals surface area contributed by atoms with Gasteiger partial charge in [-0.2, -0.15) is 4.98 Å². The molecule has 0 saturated carbocycles. The van der Waals surface area contributed by atoms with Crippen molar-refractivity contribution in [2.24, 2.45) is 0 Å². The molecular weight excluding hydrogens is 238 g/mol. The zero-order chi connectivity index (χ0) is 13.2. The molecule has 2 N–H and O–H groups in total. The molecule has 1 aliphatic rings. The molecule has 1 aliphatic heterocycles. The molecule has 0 aliphatic carbocycles. The van der Waals surface area contributed by atoms with Gasteiger partial charge in [-0.3, -0.25) is 10.1 Å². The third-order valence-electron chi connectivity index (χ3n) is 2.83. The van der Waals surface area contributed by atoms with Crippen molar-refractivity contribution in [1.82, 2.24) is 9.97 Å². The number of ether oxygens (including phenoxy) is 1. The summed E-state index contributed by atoms with van der Waals surface area (Å²) >= 11 is 0. The monoisotopic (exact) mass is 253 g/mol. The Balaban J connectivity index is 2.31. The number of rotatable bonds is 4. The van der Waals surface area contributed by atoms with E-state index in [1.807, 2.05) is 6.92 Å². The molecule has 18 heavy (non-hydrogen) atoms. The zero-order valence-electron chi connectivity index (χ0n) is 10.3. The minimum Gasteiger partial charge on any atom is -0.379 e. The Kier molecular flexibility index (Phi) is 3.28. The Morgan fingerprint density at radius 1 is 1.61 bits per heavy atom. The summed E-state index contributed by atoms with van der Waals surface area (Å²) < 4.78 is 5.30. The molecule has 2 heterocycles. The molecule has 8 nitrogen and oxygen atoms in total. The summed E-state index contributed by atoms with van der Waals surface area (Å²) in [5.41, 5.74) is -0.466. The van der Waals surface area contributed by atoms with Crippen LogP contribution in [-0.2, 0) is 4.74 Å². The summed E-state index contributed by atoms with van der Waals surface area (Å²) in [7, 11) is 1.66. The van der Waals surface area contributed by atoms with Crippen LogP contribution >= 0.6 is 0 Å². The third-order valence-corrected chi connectivity index (χ3v) is 2.83. The molecule has 1 atom stereocenters. The fraction of sp³-hybridized carbons (Fsp3) is 0.600. The van der Waals surface area contributed by atoms with Crippen LogP contribution in [0.5, 0.6) is 0 Å². The smallest absolute Gasteiger partial charge is 0.329 e. The van der Waals surface area contributed by atoms with Crippen LogP contribution in [0.1, 0.15) is 13.3 Å². The summed E-state index contributed by atoms with van der Waals surface area (Å²) in [5.74, 6) is 0.554. The molecule has 98 valence electrons. The van der Waals surface area contributed by atoms with Crippen LogP contribution in [0.2, 0.25) is 0 Å². The van der Waals surface area contributed by atoms with E-state index in [2.05, 4.69) is 20.6 Å². The summed E-state index contributed by atoms with van der Waals surface area (Å²) in [5, 5.41) is 16.8. The Morgan fingerprint density at radius 3 is 2.94 bits per heavy atom. The summed E-state index contributed by atoms with van der Waals surface area (Å²) in [4.78, 5) is 18.4. The van der Waals surface area contributed by atoms with Gasteiger partial charge in [-0.25, -0.2) is 4.98 Å². The Hall–Kier alpha value is -1.96.